The molecule has 1 aliphatic heterocycles. The fourth-order valence-corrected chi connectivity index (χ4v) is 3.69. The lowest BCUT2D eigenvalue weighted by atomic mass is 10.0. The van der Waals surface area contributed by atoms with Gasteiger partial charge in [-0.05, 0) is 42.7 Å². The van der Waals surface area contributed by atoms with Gasteiger partial charge >= 0.3 is 0 Å². The second kappa shape index (κ2) is 8.97. The molecule has 2 heterocycles. The monoisotopic (exact) mass is 389 g/mol. The van der Waals surface area contributed by atoms with Gasteiger partial charge in [-0.3, -0.25) is 14.7 Å². The van der Waals surface area contributed by atoms with Crippen LogP contribution in [0.4, 0.5) is 4.39 Å². The predicted molar refractivity (Wildman–Crippen MR) is 112 cm³/mol. The van der Waals surface area contributed by atoms with E-state index in [0.29, 0.717) is 16.8 Å². The van der Waals surface area contributed by atoms with Crippen LogP contribution < -0.4 is 5.32 Å². The Bertz CT molecular complexity index is 951. The number of carbonyl (C=O) groups excluding carboxylic acids is 1. The molecule has 1 saturated heterocycles. The second-order valence-electron chi connectivity index (χ2n) is 7.45. The molecule has 0 saturated carbocycles. The Hall–Kier alpha value is -3.05. The highest BCUT2D eigenvalue weighted by molar-refractivity contribution is 5.94. The zero-order valence-corrected chi connectivity index (χ0v) is 16.2. The van der Waals surface area contributed by atoms with Gasteiger partial charge in [-0.1, -0.05) is 42.5 Å². The van der Waals surface area contributed by atoms with Crippen LogP contribution in [-0.4, -0.2) is 34.9 Å². The number of pyridine rings is 1. The molecule has 1 fully saturated rings. The van der Waals surface area contributed by atoms with Crippen LogP contribution in [-0.2, 0) is 6.54 Å². The molecule has 2 aromatic carbocycles. The zero-order valence-electron chi connectivity index (χ0n) is 16.2. The Morgan fingerprint density at radius 3 is 2.52 bits per heavy atom. The van der Waals surface area contributed by atoms with Crippen molar-refractivity contribution in [3.8, 4) is 11.3 Å². The standard InChI is InChI=1S/C24H24FN3O/c25-21-8-4-7-19(15-21)23-10-9-20(16-26-23)24(29)27-22-11-13-28(14-12-22)17-18-5-2-1-3-6-18/h1-10,15-16,22H,11-14,17H2,(H,27,29). The molecule has 3 aromatic rings. The van der Waals surface area contributed by atoms with Crippen LogP contribution in [0.3, 0.4) is 0 Å². The van der Waals surface area contributed by atoms with E-state index in [0.717, 1.165) is 32.5 Å². The van der Waals surface area contributed by atoms with Gasteiger partial charge in [0.1, 0.15) is 5.82 Å². The average molecular weight is 389 g/mol. The van der Waals surface area contributed by atoms with Gasteiger partial charge in [0.05, 0.1) is 11.3 Å². The van der Waals surface area contributed by atoms with Crippen LogP contribution in [0.15, 0.2) is 72.9 Å². The number of piperidine rings is 1. The number of rotatable bonds is 5. The van der Waals surface area contributed by atoms with Crippen molar-refractivity contribution in [2.75, 3.05) is 13.1 Å². The Morgan fingerprint density at radius 1 is 1.03 bits per heavy atom. The number of halogens is 1. The first-order valence-corrected chi connectivity index (χ1v) is 9.96. The maximum absolute atomic E-state index is 13.4. The molecule has 148 valence electrons. The Morgan fingerprint density at radius 2 is 1.83 bits per heavy atom. The van der Waals surface area contributed by atoms with E-state index < -0.39 is 0 Å². The third-order valence-electron chi connectivity index (χ3n) is 5.32. The first kappa shape index (κ1) is 19.3. The molecule has 0 aliphatic carbocycles. The molecule has 4 rings (SSSR count). The molecule has 1 N–H and O–H groups in total. The highest BCUT2D eigenvalue weighted by Crippen LogP contribution is 2.18. The van der Waals surface area contributed by atoms with E-state index >= 15 is 0 Å². The van der Waals surface area contributed by atoms with Gasteiger partial charge in [0.25, 0.3) is 5.91 Å². The van der Waals surface area contributed by atoms with Gasteiger partial charge in [-0.25, -0.2) is 4.39 Å². The van der Waals surface area contributed by atoms with E-state index in [4.69, 9.17) is 0 Å². The molecular formula is C24H24FN3O. The molecule has 0 spiro atoms. The number of likely N-dealkylation sites (tertiary alicyclic amines) is 1. The summed E-state index contributed by atoms with van der Waals surface area (Å²) >= 11 is 0. The lowest BCUT2D eigenvalue weighted by molar-refractivity contribution is 0.0908. The smallest absolute Gasteiger partial charge is 0.253 e. The lowest BCUT2D eigenvalue weighted by Crippen LogP contribution is -2.44. The summed E-state index contributed by atoms with van der Waals surface area (Å²) in [6.45, 7) is 2.89. The van der Waals surface area contributed by atoms with Gasteiger partial charge in [0, 0.05) is 37.4 Å². The van der Waals surface area contributed by atoms with Crippen molar-refractivity contribution in [2.45, 2.75) is 25.4 Å². The van der Waals surface area contributed by atoms with Crippen molar-refractivity contribution in [2.24, 2.45) is 0 Å². The molecule has 1 amide bonds. The predicted octanol–water partition coefficient (Wildman–Crippen LogP) is 4.28. The highest BCUT2D eigenvalue weighted by atomic mass is 19.1. The Kier molecular flexibility index (Phi) is 5.96. The molecule has 0 unspecified atom stereocenters. The fraction of sp³-hybridized carbons (Fsp3) is 0.250. The van der Waals surface area contributed by atoms with Crippen LogP contribution in [0.1, 0.15) is 28.8 Å². The van der Waals surface area contributed by atoms with Crippen molar-refractivity contribution in [3.63, 3.8) is 0 Å². The topological polar surface area (TPSA) is 45.2 Å². The van der Waals surface area contributed by atoms with Gasteiger partial charge in [-0.15, -0.1) is 0 Å². The van der Waals surface area contributed by atoms with Gasteiger partial charge in [0.2, 0.25) is 0 Å². The van der Waals surface area contributed by atoms with Crippen LogP contribution in [0, 0.1) is 5.82 Å². The summed E-state index contributed by atoms with van der Waals surface area (Å²) < 4.78 is 13.4. The number of nitrogens with zero attached hydrogens (tertiary/aromatic N) is 2. The number of benzene rings is 2. The van der Waals surface area contributed by atoms with Gasteiger partial charge in [-0.2, -0.15) is 0 Å². The number of carbonyl (C=O) groups is 1. The normalized spacial score (nSPS) is 15.2. The third kappa shape index (κ3) is 5.06. The second-order valence-corrected chi connectivity index (χ2v) is 7.45. The highest BCUT2D eigenvalue weighted by Gasteiger charge is 2.21. The number of aromatic nitrogens is 1. The SMILES string of the molecule is O=C(NC1CCN(Cc2ccccc2)CC1)c1ccc(-c2cccc(F)c2)nc1. The van der Waals surface area contributed by atoms with Crippen molar-refractivity contribution in [1.82, 2.24) is 15.2 Å². The number of nitrogens with one attached hydrogen (secondary N) is 1. The molecule has 1 aromatic heterocycles. The molecule has 29 heavy (non-hydrogen) atoms. The Balaban J connectivity index is 1.30. The Labute approximate surface area is 170 Å². The summed E-state index contributed by atoms with van der Waals surface area (Å²) in [5.41, 5.74) is 3.19. The van der Waals surface area contributed by atoms with Crippen molar-refractivity contribution < 1.29 is 9.18 Å². The van der Waals surface area contributed by atoms with E-state index in [2.05, 4.69) is 39.5 Å². The maximum atomic E-state index is 13.4. The van der Waals surface area contributed by atoms with Crippen molar-refractivity contribution >= 4 is 5.91 Å². The van der Waals surface area contributed by atoms with E-state index in [1.165, 1.54) is 17.7 Å². The van der Waals surface area contributed by atoms with E-state index in [9.17, 15) is 9.18 Å². The number of hydrogen-bond donors (Lipinski definition) is 1. The largest absolute Gasteiger partial charge is 0.349 e. The minimum Gasteiger partial charge on any atom is -0.349 e. The van der Waals surface area contributed by atoms with E-state index in [1.54, 1.807) is 30.5 Å². The molecule has 5 heteroatoms. The van der Waals surface area contributed by atoms with E-state index in [-0.39, 0.29) is 17.8 Å². The van der Waals surface area contributed by atoms with Crippen molar-refractivity contribution in [3.05, 3.63) is 89.9 Å². The molecule has 0 radical (unpaired) electrons. The van der Waals surface area contributed by atoms with Crippen LogP contribution in [0.25, 0.3) is 11.3 Å². The summed E-state index contributed by atoms with van der Waals surface area (Å²) in [7, 11) is 0. The quantitative estimate of drug-likeness (QED) is 0.708. The third-order valence-corrected chi connectivity index (χ3v) is 5.32. The number of hydrogen-bond acceptors (Lipinski definition) is 3. The maximum Gasteiger partial charge on any atom is 0.253 e. The van der Waals surface area contributed by atoms with Crippen LogP contribution in [0.5, 0.6) is 0 Å². The minimum absolute atomic E-state index is 0.107. The van der Waals surface area contributed by atoms with Crippen LogP contribution >= 0.6 is 0 Å². The lowest BCUT2D eigenvalue weighted by Gasteiger charge is -2.32. The molecule has 0 atom stereocenters. The first-order chi connectivity index (χ1) is 14.2. The summed E-state index contributed by atoms with van der Waals surface area (Å²) in [4.78, 5) is 19.3. The van der Waals surface area contributed by atoms with Crippen LogP contribution in [0.2, 0.25) is 0 Å². The molecule has 4 nitrogen and oxygen atoms in total. The zero-order chi connectivity index (χ0) is 20.1. The summed E-state index contributed by atoms with van der Waals surface area (Å²) in [6, 6.07) is 20.4. The summed E-state index contributed by atoms with van der Waals surface area (Å²) in [6.07, 6.45) is 3.43. The summed E-state index contributed by atoms with van der Waals surface area (Å²) in [5, 5.41) is 3.12. The number of amides is 1. The fourth-order valence-electron chi connectivity index (χ4n) is 3.69. The average Bonchev–Trinajstić information content (AvgIpc) is 2.76. The van der Waals surface area contributed by atoms with Gasteiger partial charge in [0.15, 0.2) is 0 Å². The molecule has 0 bridgehead atoms. The first-order valence-electron chi connectivity index (χ1n) is 9.96. The minimum atomic E-state index is -0.301. The van der Waals surface area contributed by atoms with Crippen molar-refractivity contribution in [1.29, 1.82) is 0 Å². The summed E-state index contributed by atoms with van der Waals surface area (Å²) in [5.74, 6) is -0.408. The van der Waals surface area contributed by atoms with E-state index in [1.807, 2.05) is 6.07 Å². The van der Waals surface area contributed by atoms with Gasteiger partial charge < -0.3 is 5.32 Å². The molecular weight excluding hydrogens is 365 g/mol. The molecule has 1 aliphatic rings.